The van der Waals surface area contributed by atoms with Gasteiger partial charge in [-0.15, -0.1) is 0 Å². The van der Waals surface area contributed by atoms with Crippen molar-refractivity contribution in [3.63, 3.8) is 0 Å². The van der Waals surface area contributed by atoms with Gasteiger partial charge in [0.15, 0.2) is 0 Å². The molecule has 1 aromatic carbocycles. The number of thiocarbonyl (C=S) groups is 1. The summed E-state index contributed by atoms with van der Waals surface area (Å²) in [6.45, 7) is 3.15. The Labute approximate surface area is 221 Å². The number of carbonyl (C=O) groups is 3. The van der Waals surface area contributed by atoms with Gasteiger partial charge in [0.05, 0.1) is 4.91 Å². The number of rotatable bonds is 7. The Morgan fingerprint density at radius 2 is 1.81 bits per heavy atom. The summed E-state index contributed by atoms with van der Waals surface area (Å²) in [6, 6.07) is 12.5. The molecule has 1 aliphatic heterocycles. The van der Waals surface area contributed by atoms with Gasteiger partial charge in [-0.1, -0.05) is 48.2 Å². The number of amides is 1. The average molecular weight is 542 g/mol. The standard InChI is InChI=1S/C23H19N3O5S2.C2H4O2/c1-14-7-2-3-8-16(14)31-20-15(21(29)25-11-5-4-9-18(25)24-20)13-17-22(30)26(23(32)33-17)12-6-10-19(27)28;1-2(3)4/h2-5,7-9,11,13H,6,10,12H2,1H3,(H,27,28);1H3,(H,3,4)/b17-13+;. The minimum atomic E-state index is -0.941. The van der Waals surface area contributed by atoms with Crippen LogP contribution in [0, 0.1) is 6.92 Å². The van der Waals surface area contributed by atoms with Crippen LogP contribution in [0.1, 0.15) is 30.9 Å². The highest BCUT2D eigenvalue weighted by molar-refractivity contribution is 8.26. The lowest BCUT2D eigenvalue weighted by Crippen LogP contribution is -2.29. The molecule has 0 radical (unpaired) electrons. The molecule has 1 aliphatic rings. The van der Waals surface area contributed by atoms with E-state index < -0.39 is 11.9 Å². The zero-order valence-corrected chi connectivity index (χ0v) is 21.5. The summed E-state index contributed by atoms with van der Waals surface area (Å²) in [5, 5.41) is 16.3. The van der Waals surface area contributed by atoms with Crippen molar-refractivity contribution in [3.8, 4) is 11.6 Å². The normalized spacial score (nSPS) is 14.0. The fraction of sp³-hybridized carbons (Fsp3) is 0.200. The fourth-order valence-electron chi connectivity index (χ4n) is 3.27. The number of carboxylic acid groups (broad SMARTS) is 2. The summed E-state index contributed by atoms with van der Waals surface area (Å²) in [5.41, 5.74) is 1.00. The SMILES string of the molecule is CC(=O)O.Cc1ccccc1Oc1nc2ccccn2c(=O)c1/C=C1/SC(=S)N(CCCC(=O)O)C1=O. The maximum absolute atomic E-state index is 13.3. The van der Waals surface area contributed by atoms with Gasteiger partial charge in [-0.3, -0.25) is 28.5 Å². The molecule has 192 valence electrons. The first kappa shape index (κ1) is 27.6. The van der Waals surface area contributed by atoms with Crippen LogP contribution in [0.15, 0.2) is 58.4 Å². The summed E-state index contributed by atoms with van der Waals surface area (Å²) in [6.07, 6.45) is 3.24. The van der Waals surface area contributed by atoms with Crippen molar-refractivity contribution in [2.45, 2.75) is 26.7 Å². The number of carbonyl (C=O) groups excluding carboxylic acids is 1. The first-order valence-corrected chi connectivity index (χ1v) is 12.2. The lowest BCUT2D eigenvalue weighted by Gasteiger charge is -2.13. The zero-order valence-electron chi connectivity index (χ0n) is 19.9. The van der Waals surface area contributed by atoms with Crippen molar-refractivity contribution in [1.82, 2.24) is 14.3 Å². The molecule has 0 aliphatic carbocycles. The van der Waals surface area contributed by atoms with Gasteiger partial charge in [0.1, 0.15) is 21.3 Å². The third-order valence-electron chi connectivity index (χ3n) is 4.96. The second kappa shape index (κ2) is 12.3. The molecule has 0 unspecified atom stereocenters. The number of fused-ring (bicyclic) bond motifs is 1. The van der Waals surface area contributed by atoms with Crippen molar-refractivity contribution in [2.24, 2.45) is 0 Å². The van der Waals surface area contributed by atoms with Crippen LogP contribution in [0.3, 0.4) is 0 Å². The van der Waals surface area contributed by atoms with Gasteiger partial charge in [-0.25, -0.2) is 0 Å². The van der Waals surface area contributed by atoms with Crippen LogP contribution >= 0.6 is 24.0 Å². The highest BCUT2D eigenvalue weighted by atomic mass is 32.2. The molecule has 0 bridgehead atoms. The Balaban J connectivity index is 0.000000886. The van der Waals surface area contributed by atoms with Crippen LogP contribution in [0.25, 0.3) is 11.7 Å². The summed E-state index contributed by atoms with van der Waals surface area (Å²) in [7, 11) is 0. The number of aromatic nitrogens is 2. The van der Waals surface area contributed by atoms with E-state index in [0.717, 1.165) is 24.2 Å². The second-order valence-electron chi connectivity index (χ2n) is 7.78. The molecule has 12 heteroatoms. The van der Waals surface area contributed by atoms with E-state index in [2.05, 4.69) is 4.98 Å². The van der Waals surface area contributed by atoms with Crippen LogP contribution in [-0.4, -0.2) is 53.2 Å². The minimum absolute atomic E-state index is 0.0690. The lowest BCUT2D eigenvalue weighted by atomic mass is 10.2. The maximum atomic E-state index is 13.3. The van der Waals surface area contributed by atoms with Crippen molar-refractivity contribution in [2.75, 3.05) is 6.54 Å². The Morgan fingerprint density at radius 3 is 2.49 bits per heavy atom. The molecule has 10 nitrogen and oxygen atoms in total. The van der Waals surface area contributed by atoms with Crippen molar-refractivity contribution in [1.29, 1.82) is 0 Å². The lowest BCUT2D eigenvalue weighted by molar-refractivity contribution is -0.137. The van der Waals surface area contributed by atoms with Gasteiger partial charge < -0.3 is 14.9 Å². The van der Waals surface area contributed by atoms with E-state index in [1.54, 1.807) is 30.5 Å². The van der Waals surface area contributed by atoms with Crippen LogP contribution in [-0.2, 0) is 14.4 Å². The number of para-hydroxylation sites is 1. The molecule has 3 heterocycles. The van der Waals surface area contributed by atoms with E-state index in [1.807, 2.05) is 25.1 Å². The Bertz CT molecular complexity index is 1460. The monoisotopic (exact) mass is 541 g/mol. The first-order valence-electron chi connectivity index (χ1n) is 11.0. The number of thioether (sulfide) groups is 1. The highest BCUT2D eigenvalue weighted by Crippen LogP contribution is 2.34. The molecule has 1 saturated heterocycles. The molecule has 0 spiro atoms. The van der Waals surface area contributed by atoms with Crippen molar-refractivity contribution >= 4 is 57.9 Å². The predicted octanol–water partition coefficient (Wildman–Crippen LogP) is 3.95. The van der Waals surface area contributed by atoms with Gasteiger partial charge in [0.25, 0.3) is 17.4 Å². The van der Waals surface area contributed by atoms with Crippen LogP contribution < -0.4 is 10.3 Å². The molecule has 1 fully saturated rings. The molecule has 3 aromatic rings. The molecule has 1 amide bonds. The second-order valence-corrected chi connectivity index (χ2v) is 9.46. The topological polar surface area (TPSA) is 139 Å². The summed E-state index contributed by atoms with van der Waals surface area (Å²) >= 11 is 6.36. The number of aryl methyl sites for hydroxylation is 1. The minimum Gasteiger partial charge on any atom is -0.481 e. The number of pyridine rings is 1. The Kier molecular flexibility index (Phi) is 9.15. The summed E-state index contributed by atoms with van der Waals surface area (Å²) < 4.78 is 7.71. The number of nitrogens with zero attached hydrogens (tertiary/aromatic N) is 3. The van der Waals surface area contributed by atoms with Gasteiger partial charge in [-0.05, 0) is 43.2 Å². The molecular weight excluding hydrogens is 518 g/mol. The highest BCUT2D eigenvalue weighted by Gasteiger charge is 2.32. The number of benzene rings is 1. The van der Waals surface area contributed by atoms with Crippen molar-refractivity contribution in [3.05, 3.63) is 75.0 Å². The molecular formula is C25H23N3O7S2. The molecule has 2 N–H and O–H groups in total. The van der Waals surface area contributed by atoms with E-state index in [0.29, 0.717) is 15.7 Å². The van der Waals surface area contributed by atoms with Gasteiger partial charge >= 0.3 is 5.97 Å². The largest absolute Gasteiger partial charge is 0.481 e. The fourth-order valence-corrected chi connectivity index (χ4v) is 4.56. The Hall–Kier alpha value is -4.03. The zero-order chi connectivity index (χ0) is 27.1. The molecule has 0 atom stereocenters. The van der Waals surface area contributed by atoms with Crippen LogP contribution in [0.2, 0.25) is 0 Å². The predicted molar refractivity (Wildman–Crippen MR) is 143 cm³/mol. The summed E-state index contributed by atoms with van der Waals surface area (Å²) in [5.74, 6) is -1.53. The number of hydrogen-bond acceptors (Lipinski definition) is 8. The summed E-state index contributed by atoms with van der Waals surface area (Å²) in [4.78, 5) is 52.1. The number of ether oxygens (including phenoxy) is 1. The van der Waals surface area contributed by atoms with Crippen molar-refractivity contribution < 1.29 is 29.3 Å². The Morgan fingerprint density at radius 1 is 1.14 bits per heavy atom. The number of carboxylic acids is 2. The van der Waals surface area contributed by atoms with Crippen LogP contribution in [0.4, 0.5) is 0 Å². The van der Waals surface area contributed by atoms with Crippen LogP contribution in [0.5, 0.6) is 11.6 Å². The average Bonchev–Trinajstić information content (AvgIpc) is 3.10. The molecule has 37 heavy (non-hydrogen) atoms. The molecule has 2 aromatic heterocycles. The van der Waals surface area contributed by atoms with E-state index in [9.17, 15) is 14.4 Å². The van der Waals surface area contributed by atoms with E-state index in [1.165, 1.54) is 15.4 Å². The number of hydrogen-bond donors (Lipinski definition) is 2. The molecule has 4 rings (SSSR count). The van der Waals surface area contributed by atoms with Gasteiger partial charge in [0, 0.05) is 26.1 Å². The third-order valence-corrected chi connectivity index (χ3v) is 6.33. The van der Waals surface area contributed by atoms with E-state index in [-0.39, 0.29) is 47.2 Å². The quantitative estimate of drug-likeness (QED) is 0.334. The first-order chi connectivity index (χ1) is 17.6. The molecule has 0 saturated carbocycles. The van der Waals surface area contributed by atoms with E-state index >= 15 is 0 Å². The maximum Gasteiger partial charge on any atom is 0.303 e. The number of aliphatic carboxylic acids is 2. The third kappa shape index (κ3) is 7.02. The van der Waals surface area contributed by atoms with E-state index in [4.69, 9.17) is 32.0 Å². The van der Waals surface area contributed by atoms with Gasteiger partial charge in [0.2, 0.25) is 5.88 Å². The smallest absolute Gasteiger partial charge is 0.303 e. The van der Waals surface area contributed by atoms with Gasteiger partial charge in [-0.2, -0.15) is 4.98 Å².